The molecule has 1 heterocycles. The molecule has 88 valence electrons. The van der Waals surface area contributed by atoms with Crippen LogP contribution in [0.5, 0.6) is 0 Å². The minimum atomic E-state index is -0.382. The largest absolute Gasteiger partial charge is 0.346 e. The van der Waals surface area contributed by atoms with E-state index in [1.54, 1.807) is 0 Å². The van der Waals surface area contributed by atoms with Crippen molar-refractivity contribution in [2.75, 3.05) is 0 Å². The second-order valence-electron chi connectivity index (χ2n) is 4.72. The molecule has 2 rings (SSSR count). The fourth-order valence-corrected chi connectivity index (χ4v) is 2.73. The van der Waals surface area contributed by atoms with Gasteiger partial charge in [0.2, 0.25) is 0 Å². The van der Waals surface area contributed by atoms with Gasteiger partial charge >= 0.3 is 0 Å². The van der Waals surface area contributed by atoms with Crippen molar-refractivity contribution in [1.82, 2.24) is 0 Å². The van der Waals surface area contributed by atoms with Crippen LogP contribution in [0.2, 0.25) is 0 Å². The van der Waals surface area contributed by atoms with Gasteiger partial charge in [-0.05, 0) is 19.3 Å². The van der Waals surface area contributed by atoms with Crippen molar-refractivity contribution >= 4 is 0 Å². The summed E-state index contributed by atoms with van der Waals surface area (Å²) < 4.78 is 12.0. The predicted molar refractivity (Wildman–Crippen MR) is 60.6 cm³/mol. The van der Waals surface area contributed by atoms with E-state index in [9.17, 15) is 0 Å². The Hall–Kier alpha value is -0.850. The first kappa shape index (κ1) is 11.6. The molecule has 1 aliphatic heterocycles. The number of nitrogens with zero attached hydrogens (tertiary/aromatic N) is 1. The molecular weight excluding hydrogens is 202 g/mol. The molecule has 0 unspecified atom stereocenters. The molecule has 16 heavy (non-hydrogen) atoms. The Morgan fingerprint density at radius 2 is 2.00 bits per heavy atom. The van der Waals surface area contributed by atoms with Crippen molar-refractivity contribution in [2.45, 2.75) is 62.9 Å². The van der Waals surface area contributed by atoms with Crippen LogP contribution in [-0.4, -0.2) is 18.0 Å². The predicted octanol–water partition coefficient (Wildman–Crippen LogP) is 2.92. The van der Waals surface area contributed by atoms with Crippen LogP contribution in [0.4, 0.5) is 0 Å². The van der Waals surface area contributed by atoms with E-state index in [1.165, 1.54) is 12.8 Å². The first-order valence-electron chi connectivity index (χ1n) is 6.11. The quantitative estimate of drug-likeness (QED) is 0.688. The van der Waals surface area contributed by atoms with Gasteiger partial charge in [0, 0.05) is 19.3 Å². The van der Waals surface area contributed by atoms with E-state index in [1.807, 2.05) is 6.08 Å². The summed E-state index contributed by atoms with van der Waals surface area (Å²) in [5.41, 5.74) is 0. The summed E-state index contributed by atoms with van der Waals surface area (Å²) in [6.45, 7) is 3.76. The van der Waals surface area contributed by atoms with Gasteiger partial charge < -0.3 is 9.47 Å². The topological polar surface area (TPSA) is 42.2 Å². The van der Waals surface area contributed by atoms with Gasteiger partial charge in [0.25, 0.3) is 0 Å². The lowest BCUT2D eigenvalue weighted by Crippen LogP contribution is -2.46. The number of ether oxygens (including phenoxy) is 2. The fraction of sp³-hybridized carbons (Fsp3) is 0.769. The Kier molecular flexibility index (Phi) is 3.63. The number of hydrogen-bond donors (Lipinski definition) is 0. The Labute approximate surface area is 97.0 Å². The molecule has 1 spiro atoms. The number of rotatable bonds is 3. The van der Waals surface area contributed by atoms with Crippen molar-refractivity contribution in [1.29, 1.82) is 5.26 Å². The molecule has 0 aromatic rings. The molecule has 2 fully saturated rings. The summed E-state index contributed by atoms with van der Waals surface area (Å²) in [5, 5.41) is 8.77. The van der Waals surface area contributed by atoms with Crippen molar-refractivity contribution in [3.8, 4) is 6.07 Å². The average molecular weight is 221 g/mol. The monoisotopic (exact) mass is 221 g/mol. The molecule has 0 aromatic carbocycles. The standard InChI is InChI=1S/C13H19NO2/c1-2-5-11-10-12(6-9-14)16-13(15-11)7-3-4-8-13/h2,11-12H,1,3-8,10H2/t11-,12+/m0/s1. The third-order valence-corrected chi connectivity index (χ3v) is 3.40. The van der Waals surface area contributed by atoms with Crippen LogP contribution < -0.4 is 0 Å². The van der Waals surface area contributed by atoms with Gasteiger partial charge in [-0.15, -0.1) is 6.58 Å². The van der Waals surface area contributed by atoms with Gasteiger partial charge in [-0.3, -0.25) is 0 Å². The Morgan fingerprint density at radius 1 is 1.31 bits per heavy atom. The molecule has 0 bridgehead atoms. The van der Waals surface area contributed by atoms with Gasteiger partial charge in [-0.2, -0.15) is 5.26 Å². The smallest absolute Gasteiger partial charge is 0.169 e. The molecular formula is C13H19NO2. The summed E-state index contributed by atoms with van der Waals surface area (Å²) in [5.74, 6) is -0.382. The van der Waals surface area contributed by atoms with Crippen molar-refractivity contribution in [2.24, 2.45) is 0 Å². The molecule has 0 aromatic heterocycles. The van der Waals surface area contributed by atoms with Crippen LogP contribution in [-0.2, 0) is 9.47 Å². The number of hydrogen-bond acceptors (Lipinski definition) is 3. The molecule has 0 N–H and O–H groups in total. The molecule has 3 heteroatoms. The second-order valence-corrected chi connectivity index (χ2v) is 4.72. The summed E-state index contributed by atoms with van der Waals surface area (Å²) in [6.07, 6.45) is 8.55. The van der Waals surface area contributed by atoms with Crippen molar-refractivity contribution in [3.63, 3.8) is 0 Å². The van der Waals surface area contributed by atoms with Crippen LogP contribution in [0.25, 0.3) is 0 Å². The summed E-state index contributed by atoms with van der Waals surface area (Å²) >= 11 is 0. The SMILES string of the molecule is C=CC[C@H]1C[C@@H](CC#N)OC2(CCCC2)O1. The van der Waals surface area contributed by atoms with Crippen LogP contribution in [0.1, 0.15) is 44.9 Å². The van der Waals surface area contributed by atoms with Gasteiger partial charge in [0.05, 0.1) is 24.7 Å². The first-order chi connectivity index (χ1) is 7.78. The van der Waals surface area contributed by atoms with Crippen LogP contribution in [0, 0.1) is 11.3 Å². The van der Waals surface area contributed by atoms with Gasteiger partial charge in [-0.1, -0.05) is 6.08 Å². The normalized spacial score (nSPS) is 32.4. The highest BCUT2D eigenvalue weighted by molar-refractivity contribution is 4.90. The highest BCUT2D eigenvalue weighted by atomic mass is 16.7. The van der Waals surface area contributed by atoms with E-state index in [0.29, 0.717) is 6.42 Å². The summed E-state index contributed by atoms with van der Waals surface area (Å²) in [7, 11) is 0. The molecule has 1 saturated heterocycles. The highest BCUT2D eigenvalue weighted by Crippen LogP contribution is 2.41. The maximum atomic E-state index is 8.77. The van der Waals surface area contributed by atoms with E-state index < -0.39 is 0 Å². The van der Waals surface area contributed by atoms with E-state index in [4.69, 9.17) is 14.7 Å². The van der Waals surface area contributed by atoms with E-state index >= 15 is 0 Å². The van der Waals surface area contributed by atoms with Crippen LogP contribution >= 0.6 is 0 Å². The lowest BCUT2D eigenvalue weighted by molar-refractivity contribution is -0.312. The third-order valence-electron chi connectivity index (χ3n) is 3.40. The Balaban J connectivity index is 2.04. The average Bonchev–Trinajstić information content (AvgIpc) is 2.66. The zero-order chi connectivity index (χ0) is 11.4. The molecule has 0 radical (unpaired) electrons. The van der Waals surface area contributed by atoms with E-state index in [-0.39, 0.29) is 18.0 Å². The van der Waals surface area contributed by atoms with Gasteiger partial charge in [0.15, 0.2) is 5.79 Å². The summed E-state index contributed by atoms with van der Waals surface area (Å²) in [6, 6.07) is 2.20. The Bertz CT molecular complexity index is 289. The molecule has 3 nitrogen and oxygen atoms in total. The zero-order valence-electron chi connectivity index (χ0n) is 9.65. The van der Waals surface area contributed by atoms with E-state index in [2.05, 4.69) is 12.6 Å². The fourth-order valence-electron chi connectivity index (χ4n) is 2.73. The van der Waals surface area contributed by atoms with E-state index in [0.717, 1.165) is 25.7 Å². The lowest BCUT2D eigenvalue weighted by Gasteiger charge is -2.42. The van der Waals surface area contributed by atoms with Gasteiger partial charge in [-0.25, -0.2) is 0 Å². The summed E-state index contributed by atoms with van der Waals surface area (Å²) in [4.78, 5) is 0. The maximum absolute atomic E-state index is 8.77. The van der Waals surface area contributed by atoms with Crippen molar-refractivity contribution < 1.29 is 9.47 Å². The minimum absolute atomic E-state index is 0.0433. The number of nitriles is 1. The third kappa shape index (κ3) is 2.45. The molecule has 2 aliphatic rings. The van der Waals surface area contributed by atoms with Crippen LogP contribution in [0.3, 0.4) is 0 Å². The molecule has 1 saturated carbocycles. The second kappa shape index (κ2) is 4.99. The first-order valence-corrected chi connectivity index (χ1v) is 6.11. The van der Waals surface area contributed by atoms with Crippen LogP contribution in [0.15, 0.2) is 12.7 Å². The highest BCUT2D eigenvalue weighted by Gasteiger charge is 2.44. The molecule has 2 atom stereocenters. The zero-order valence-corrected chi connectivity index (χ0v) is 9.65. The lowest BCUT2D eigenvalue weighted by atomic mass is 10.0. The maximum Gasteiger partial charge on any atom is 0.169 e. The molecule has 1 aliphatic carbocycles. The minimum Gasteiger partial charge on any atom is -0.346 e. The Morgan fingerprint density at radius 3 is 2.62 bits per heavy atom. The molecule has 0 amide bonds. The van der Waals surface area contributed by atoms with Crippen molar-refractivity contribution in [3.05, 3.63) is 12.7 Å². The van der Waals surface area contributed by atoms with Gasteiger partial charge in [0.1, 0.15) is 0 Å².